The number of piperidine rings is 1. The lowest BCUT2D eigenvalue weighted by Gasteiger charge is -2.30. The van der Waals surface area contributed by atoms with Gasteiger partial charge in [-0.25, -0.2) is 0 Å². The summed E-state index contributed by atoms with van der Waals surface area (Å²) in [5, 5.41) is 3.66. The third-order valence-electron chi connectivity index (χ3n) is 3.57. The molecule has 1 heterocycles. The summed E-state index contributed by atoms with van der Waals surface area (Å²) in [6, 6.07) is 5.52. The summed E-state index contributed by atoms with van der Waals surface area (Å²) in [6.07, 6.45) is 2.46. The average molecular weight is 281 g/mol. The molecule has 104 valence electrons. The van der Waals surface area contributed by atoms with E-state index in [0.717, 1.165) is 24.3 Å². The number of halogens is 1. The van der Waals surface area contributed by atoms with Gasteiger partial charge >= 0.3 is 0 Å². The summed E-state index contributed by atoms with van der Waals surface area (Å²) in [4.78, 5) is 14.3. The van der Waals surface area contributed by atoms with Gasteiger partial charge in [-0.3, -0.25) is 9.69 Å². The number of hydrogen-bond donors (Lipinski definition) is 1. The molecular weight excluding hydrogens is 260 g/mol. The van der Waals surface area contributed by atoms with Crippen molar-refractivity contribution in [2.24, 2.45) is 5.92 Å². The molecule has 1 fully saturated rings. The highest BCUT2D eigenvalue weighted by molar-refractivity contribution is 6.30. The number of likely N-dealkylation sites (tertiary alicyclic amines) is 1. The van der Waals surface area contributed by atoms with Crippen molar-refractivity contribution in [2.45, 2.75) is 26.7 Å². The maximum Gasteiger partial charge on any atom is 0.238 e. The van der Waals surface area contributed by atoms with Crippen molar-refractivity contribution in [1.82, 2.24) is 4.90 Å². The maximum atomic E-state index is 12.0. The summed E-state index contributed by atoms with van der Waals surface area (Å²) >= 11 is 5.90. The molecule has 1 saturated heterocycles. The standard InChI is InChI=1S/C15H21ClN2O/c1-11-4-3-7-18(9-11)10-15(19)17-14-6-5-13(16)8-12(14)2/h5-6,8,11H,3-4,7,9-10H2,1-2H3,(H,17,19)/t11-/m0/s1. The molecule has 4 heteroatoms. The Labute approximate surface area is 119 Å². The minimum atomic E-state index is 0.0551. The average Bonchev–Trinajstić information content (AvgIpc) is 2.33. The first-order valence-corrected chi connectivity index (χ1v) is 7.21. The second kappa shape index (κ2) is 6.40. The molecule has 0 unspecified atom stereocenters. The zero-order valence-corrected chi connectivity index (χ0v) is 12.3. The van der Waals surface area contributed by atoms with Gasteiger partial charge in [-0.2, -0.15) is 0 Å². The Kier molecular flexibility index (Phi) is 4.83. The molecule has 1 aromatic rings. The fourth-order valence-corrected chi connectivity index (χ4v) is 2.82. The van der Waals surface area contributed by atoms with E-state index in [-0.39, 0.29) is 5.91 Å². The lowest BCUT2D eigenvalue weighted by atomic mass is 10.0. The van der Waals surface area contributed by atoms with Crippen LogP contribution in [0.3, 0.4) is 0 Å². The molecular formula is C15H21ClN2O. The first-order chi connectivity index (χ1) is 9.04. The maximum absolute atomic E-state index is 12.0. The van der Waals surface area contributed by atoms with E-state index in [1.54, 1.807) is 6.07 Å². The quantitative estimate of drug-likeness (QED) is 0.921. The number of aryl methyl sites for hydroxylation is 1. The third-order valence-corrected chi connectivity index (χ3v) is 3.81. The molecule has 0 saturated carbocycles. The van der Waals surface area contributed by atoms with Crippen molar-refractivity contribution in [3.05, 3.63) is 28.8 Å². The Morgan fingerprint density at radius 1 is 1.53 bits per heavy atom. The fraction of sp³-hybridized carbons (Fsp3) is 0.533. The van der Waals surface area contributed by atoms with Crippen LogP contribution >= 0.6 is 11.6 Å². The Bertz CT molecular complexity index is 461. The Morgan fingerprint density at radius 2 is 2.32 bits per heavy atom. The van der Waals surface area contributed by atoms with Crippen LogP contribution in [0.2, 0.25) is 5.02 Å². The van der Waals surface area contributed by atoms with Gasteiger partial charge in [0.2, 0.25) is 5.91 Å². The van der Waals surface area contributed by atoms with Crippen molar-refractivity contribution in [3.8, 4) is 0 Å². The molecule has 3 nitrogen and oxygen atoms in total. The molecule has 1 amide bonds. The predicted molar refractivity (Wildman–Crippen MR) is 79.7 cm³/mol. The van der Waals surface area contributed by atoms with Crippen LogP contribution in [0.25, 0.3) is 0 Å². The lowest BCUT2D eigenvalue weighted by Crippen LogP contribution is -2.39. The predicted octanol–water partition coefficient (Wildman–Crippen LogP) is 3.32. The largest absolute Gasteiger partial charge is 0.325 e. The number of rotatable bonds is 3. The van der Waals surface area contributed by atoms with Gasteiger partial charge in [0.25, 0.3) is 0 Å². The van der Waals surface area contributed by atoms with Gasteiger partial charge in [-0.05, 0) is 56.0 Å². The van der Waals surface area contributed by atoms with Gasteiger partial charge in [0, 0.05) is 17.3 Å². The number of nitrogens with one attached hydrogen (secondary N) is 1. The number of amides is 1. The minimum absolute atomic E-state index is 0.0551. The highest BCUT2D eigenvalue weighted by atomic mass is 35.5. The highest BCUT2D eigenvalue weighted by Gasteiger charge is 2.18. The molecule has 1 aliphatic rings. The highest BCUT2D eigenvalue weighted by Crippen LogP contribution is 2.20. The van der Waals surface area contributed by atoms with Gasteiger partial charge in [-0.1, -0.05) is 18.5 Å². The molecule has 1 aromatic carbocycles. The van der Waals surface area contributed by atoms with E-state index in [2.05, 4.69) is 17.1 Å². The van der Waals surface area contributed by atoms with Crippen LogP contribution in [0.5, 0.6) is 0 Å². The van der Waals surface area contributed by atoms with Crippen molar-refractivity contribution < 1.29 is 4.79 Å². The van der Waals surface area contributed by atoms with Crippen molar-refractivity contribution in [1.29, 1.82) is 0 Å². The van der Waals surface area contributed by atoms with Crippen LogP contribution < -0.4 is 5.32 Å². The van der Waals surface area contributed by atoms with Crippen LogP contribution in [0.4, 0.5) is 5.69 Å². The molecule has 0 aliphatic carbocycles. The number of hydrogen-bond acceptors (Lipinski definition) is 2. The molecule has 19 heavy (non-hydrogen) atoms. The molecule has 1 N–H and O–H groups in total. The van der Waals surface area contributed by atoms with Crippen LogP contribution in [-0.2, 0) is 4.79 Å². The summed E-state index contributed by atoms with van der Waals surface area (Å²) in [5.41, 5.74) is 1.84. The first kappa shape index (κ1) is 14.4. The molecule has 0 spiro atoms. The third kappa shape index (κ3) is 4.22. The summed E-state index contributed by atoms with van der Waals surface area (Å²) in [5.74, 6) is 0.748. The normalized spacial score (nSPS) is 20.3. The van der Waals surface area contributed by atoms with E-state index in [0.29, 0.717) is 17.5 Å². The molecule has 0 aromatic heterocycles. The molecule has 1 atom stereocenters. The number of carbonyl (C=O) groups excluding carboxylic acids is 1. The Balaban J connectivity index is 1.90. The van der Waals surface area contributed by atoms with Crippen molar-refractivity contribution >= 4 is 23.2 Å². The van der Waals surface area contributed by atoms with Gasteiger partial charge in [0.1, 0.15) is 0 Å². The van der Waals surface area contributed by atoms with E-state index in [9.17, 15) is 4.79 Å². The van der Waals surface area contributed by atoms with E-state index >= 15 is 0 Å². The number of anilines is 1. The van der Waals surface area contributed by atoms with E-state index in [4.69, 9.17) is 11.6 Å². The minimum Gasteiger partial charge on any atom is -0.325 e. The van der Waals surface area contributed by atoms with E-state index in [1.165, 1.54) is 12.8 Å². The summed E-state index contributed by atoms with van der Waals surface area (Å²) in [6.45, 7) is 6.72. The van der Waals surface area contributed by atoms with Crippen LogP contribution in [0.1, 0.15) is 25.3 Å². The zero-order chi connectivity index (χ0) is 13.8. The second-order valence-corrected chi connectivity index (χ2v) is 5.93. The van der Waals surface area contributed by atoms with Gasteiger partial charge in [0.05, 0.1) is 6.54 Å². The topological polar surface area (TPSA) is 32.3 Å². The zero-order valence-electron chi connectivity index (χ0n) is 11.6. The van der Waals surface area contributed by atoms with Crippen LogP contribution in [-0.4, -0.2) is 30.4 Å². The van der Waals surface area contributed by atoms with Crippen LogP contribution in [0, 0.1) is 12.8 Å². The smallest absolute Gasteiger partial charge is 0.238 e. The first-order valence-electron chi connectivity index (χ1n) is 6.83. The van der Waals surface area contributed by atoms with Gasteiger partial charge < -0.3 is 5.32 Å². The second-order valence-electron chi connectivity index (χ2n) is 5.49. The van der Waals surface area contributed by atoms with Gasteiger partial charge in [0.15, 0.2) is 0 Å². The van der Waals surface area contributed by atoms with E-state index < -0.39 is 0 Å². The van der Waals surface area contributed by atoms with Crippen molar-refractivity contribution in [3.63, 3.8) is 0 Å². The molecule has 0 bridgehead atoms. The Morgan fingerprint density at radius 3 is 3.00 bits per heavy atom. The Hall–Kier alpha value is -1.06. The molecule has 1 aliphatic heterocycles. The summed E-state index contributed by atoms with van der Waals surface area (Å²) < 4.78 is 0. The monoisotopic (exact) mass is 280 g/mol. The fourth-order valence-electron chi connectivity index (χ4n) is 2.59. The van der Waals surface area contributed by atoms with Crippen LogP contribution in [0.15, 0.2) is 18.2 Å². The van der Waals surface area contributed by atoms with E-state index in [1.807, 2.05) is 19.1 Å². The summed E-state index contributed by atoms with van der Waals surface area (Å²) in [7, 11) is 0. The van der Waals surface area contributed by atoms with Crippen molar-refractivity contribution in [2.75, 3.05) is 25.0 Å². The number of benzene rings is 1. The molecule has 2 rings (SSSR count). The SMILES string of the molecule is Cc1cc(Cl)ccc1NC(=O)CN1CCC[C@H](C)C1. The van der Waals surface area contributed by atoms with Gasteiger partial charge in [-0.15, -0.1) is 0 Å². The number of nitrogens with zero attached hydrogens (tertiary/aromatic N) is 1. The molecule has 0 radical (unpaired) electrons. The number of carbonyl (C=O) groups is 1. The lowest BCUT2D eigenvalue weighted by molar-refractivity contribution is -0.117.